The second-order valence-corrected chi connectivity index (χ2v) is 2.91. The van der Waals surface area contributed by atoms with E-state index in [9.17, 15) is 0 Å². The highest BCUT2D eigenvalue weighted by atomic mass is 16.3. The van der Waals surface area contributed by atoms with E-state index in [0.717, 1.165) is 24.0 Å². The molecule has 1 aliphatic carbocycles. The highest BCUT2D eigenvalue weighted by molar-refractivity contribution is 5.39. The predicted molar refractivity (Wildman–Crippen MR) is 47.2 cm³/mol. The van der Waals surface area contributed by atoms with Gasteiger partial charge in [-0.05, 0) is 24.0 Å². The Bertz CT molecular complexity index is 201. The van der Waals surface area contributed by atoms with E-state index in [2.05, 4.69) is 19.2 Å². The molecule has 1 nitrogen and oxygen atoms in total. The molecule has 1 unspecified atom stereocenters. The number of hydrogen-bond donors (Lipinski definition) is 1. The average Bonchev–Trinajstić information content (AvgIpc) is 2.05. The van der Waals surface area contributed by atoms with Gasteiger partial charge in [0, 0.05) is 12.5 Å². The summed E-state index contributed by atoms with van der Waals surface area (Å²) in [5.41, 5.74) is 2.25. The van der Waals surface area contributed by atoms with Crippen molar-refractivity contribution in [1.29, 1.82) is 0 Å². The summed E-state index contributed by atoms with van der Waals surface area (Å²) in [6.45, 7) is 7.85. The third-order valence-corrected chi connectivity index (χ3v) is 2.09. The Morgan fingerprint density at radius 3 is 3.00 bits per heavy atom. The number of hydrogen-bond acceptors (Lipinski definition) is 1. The summed E-state index contributed by atoms with van der Waals surface area (Å²) in [7, 11) is 0. The lowest BCUT2D eigenvalue weighted by Crippen LogP contribution is -2.09. The van der Waals surface area contributed by atoms with Crippen molar-refractivity contribution in [1.82, 2.24) is 0 Å². The summed E-state index contributed by atoms with van der Waals surface area (Å²) in [5, 5.41) is 8.88. The topological polar surface area (TPSA) is 20.2 Å². The Balaban J connectivity index is 2.76. The number of aliphatic hydroxyl groups excluding tert-OH is 1. The number of allylic oxidation sites excluding steroid dienone is 3. The van der Waals surface area contributed by atoms with Crippen LogP contribution in [0.5, 0.6) is 0 Å². The van der Waals surface area contributed by atoms with Gasteiger partial charge in [0.25, 0.3) is 0 Å². The first-order valence-electron chi connectivity index (χ1n) is 3.91. The van der Waals surface area contributed by atoms with Crippen LogP contribution in [0.3, 0.4) is 0 Å². The molecule has 0 amide bonds. The third kappa shape index (κ3) is 1.81. The lowest BCUT2D eigenvalue weighted by Gasteiger charge is -2.19. The van der Waals surface area contributed by atoms with Gasteiger partial charge in [-0.1, -0.05) is 25.3 Å². The van der Waals surface area contributed by atoms with Crippen LogP contribution in [0.1, 0.15) is 12.8 Å². The molecular formula is C10H14O. The van der Waals surface area contributed by atoms with Crippen LogP contribution in [0.2, 0.25) is 0 Å². The molecule has 0 aliphatic heterocycles. The molecule has 0 saturated carbocycles. The van der Waals surface area contributed by atoms with E-state index >= 15 is 0 Å². The molecule has 0 saturated heterocycles. The summed E-state index contributed by atoms with van der Waals surface area (Å²) in [6, 6.07) is 0. The Labute approximate surface area is 67.7 Å². The maximum Gasteiger partial charge on any atom is 0.0494 e. The van der Waals surface area contributed by atoms with Gasteiger partial charge in [0.15, 0.2) is 0 Å². The van der Waals surface area contributed by atoms with E-state index < -0.39 is 0 Å². The molecule has 0 aromatic rings. The zero-order chi connectivity index (χ0) is 8.27. The highest BCUT2D eigenvalue weighted by Gasteiger charge is 2.13. The second-order valence-electron chi connectivity index (χ2n) is 2.91. The van der Waals surface area contributed by atoms with Crippen molar-refractivity contribution in [3.8, 4) is 0 Å². The molecule has 1 rings (SSSR count). The molecule has 0 fully saturated rings. The Morgan fingerprint density at radius 2 is 2.45 bits per heavy atom. The highest BCUT2D eigenvalue weighted by Crippen LogP contribution is 2.26. The van der Waals surface area contributed by atoms with Gasteiger partial charge in [0.1, 0.15) is 0 Å². The maximum atomic E-state index is 8.88. The molecule has 1 heteroatoms. The van der Waals surface area contributed by atoms with Gasteiger partial charge in [-0.25, -0.2) is 0 Å². The molecule has 11 heavy (non-hydrogen) atoms. The lowest BCUT2D eigenvalue weighted by atomic mass is 9.88. The zero-order valence-electron chi connectivity index (χ0n) is 6.71. The number of aliphatic hydroxyl groups is 1. The van der Waals surface area contributed by atoms with E-state index in [0.29, 0.717) is 5.92 Å². The minimum Gasteiger partial charge on any atom is -0.396 e. The molecule has 1 aliphatic rings. The summed E-state index contributed by atoms with van der Waals surface area (Å²) in [4.78, 5) is 0. The molecular weight excluding hydrogens is 136 g/mol. The second kappa shape index (κ2) is 3.54. The molecule has 0 aromatic carbocycles. The first-order valence-corrected chi connectivity index (χ1v) is 3.91. The molecule has 0 aromatic heterocycles. The lowest BCUT2D eigenvalue weighted by molar-refractivity contribution is 0.244. The molecule has 1 N–H and O–H groups in total. The van der Waals surface area contributed by atoms with E-state index in [-0.39, 0.29) is 6.61 Å². The van der Waals surface area contributed by atoms with Gasteiger partial charge in [-0.15, -0.1) is 0 Å². The molecule has 0 bridgehead atoms. The van der Waals surface area contributed by atoms with Crippen LogP contribution in [0, 0.1) is 5.92 Å². The zero-order valence-corrected chi connectivity index (χ0v) is 6.71. The van der Waals surface area contributed by atoms with Crippen molar-refractivity contribution in [3.05, 3.63) is 36.5 Å². The largest absolute Gasteiger partial charge is 0.396 e. The van der Waals surface area contributed by atoms with Crippen molar-refractivity contribution >= 4 is 0 Å². The van der Waals surface area contributed by atoms with Crippen LogP contribution in [0.15, 0.2) is 36.5 Å². The summed E-state index contributed by atoms with van der Waals surface area (Å²) in [5.74, 6) is 0.313. The van der Waals surface area contributed by atoms with Crippen molar-refractivity contribution in [2.45, 2.75) is 12.8 Å². The van der Waals surface area contributed by atoms with E-state index in [1.165, 1.54) is 0 Å². The third-order valence-electron chi connectivity index (χ3n) is 2.09. The molecule has 1 atom stereocenters. The SMILES string of the molecule is C=CC1=CC(CO)CCC1=C. The fourth-order valence-corrected chi connectivity index (χ4v) is 1.32. The molecule has 0 radical (unpaired) electrons. The summed E-state index contributed by atoms with van der Waals surface area (Å²) in [6.07, 6.45) is 5.87. The van der Waals surface area contributed by atoms with Gasteiger partial charge in [-0.2, -0.15) is 0 Å². The standard InChI is InChI=1S/C10H14O/c1-3-10-6-9(7-11)5-4-8(10)2/h3,6,9,11H,1-2,4-5,7H2. The molecule has 0 heterocycles. The van der Waals surface area contributed by atoms with Crippen LogP contribution < -0.4 is 0 Å². The van der Waals surface area contributed by atoms with Crippen LogP contribution in [0.25, 0.3) is 0 Å². The maximum absolute atomic E-state index is 8.88. The van der Waals surface area contributed by atoms with Crippen molar-refractivity contribution in [2.24, 2.45) is 5.92 Å². The first-order chi connectivity index (χ1) is 5.27. The van der Waals surface area contributed by atoms with Gasteiger partial charge in [0.2, 0.25) is 0 Å². The summed E-state index contributed by atoms with van der Waals surface area (Å²) >= 11 is 0. The first kappa shape index (κ1) is 8.28. The molecule has 60 valence electrons. The van der Waals surface area contributed by atoms with Gasteiger partial charge < -0.3 is 5.11 Å². The monoisotopic (exact) mass is 150 g/mol. The fraction of sp³-hybridized carbons (Fsp3) is 0.400. The quantitative estimate of drug-likeness (QED) is 0.638. The van der Waals surface area contributed by atoms with Crippen molar-refractivity contribution < 1.29 is 5.11 Å². The van der Waals surface area contributed by atoms with Crippen molar-refractivity contribution in [2.75, 3.05) is 6.61 Å². The fourth-order valence-electron chi connectivity index (χ4n) is 1.32. The normalized spacial score (nSPS) is 24.6. The smallest absolute Gasteiger partial charge is 0.0494 e. The van der Waals surface area contributed by atoms with Gasteiger partial charge in [0.05, 0.1) is 0 Å². The number of rotatable bonds is 2. The van der Waals surface area contributed by atoms with Crippen molar-refractivity contribution in [3.63, 3.8) is 0 Å². The Morgan fingerprint density at radius 1 is 1.73 bits per heavy atom. The predicted octanol–water partition coefficient (Wildman–Crippen LogP) is 2.06. The minimum absolute atomic E-state index is 0.241. The van der Waals surface area contributed by atoms with E-state index in [1.54, 1.807) is 0 Å². The van der Waals surface area contributed by atoms with Crippen LogP contribution >= 0.6 is 0 Å². The Hall–Kier alpha value is -0.820. The van der Waals surface area contributed by atoms with Crippen LogP contribution in [-0.4, -0.2) is 11.7 Å². The minimum atomic E-state index is 0.241. The van der Waals surface area contributed by atoms with Gasteiger partial charge in [-0.3, -0.25) is 0 Å². The molecule has 0 spiro atoms. The van der Waals surface area contributed by atoms with E-state index in [4.69, 9.17) is 5.11 Å². The summed E-state index contributed by atoms with van der Waals surface area (Å²) < 4.78 is 0. The average molecular weight is 150 g/mol. The van der Waals surface area contributed by atoms with Gasteiger partial charge >= 0.3 is 0 Å². The van der Waals surface area contributed by atoms with Crippen LogP contribution in [0.4, 0.5) is 0 Å². The van der Waals surface area contributed by atoms with Crippen LogP contribution in [-0.2, 0) is 0 Å². The Kier molecular flexibility index (Phi) is 2.66. The van der Waals surface area contributed by atoms with E-state index in [1.807, 2.05) is 6.08 Å².